The largest absolute Gasteiger partial charge is 0.478 e. The third-order valence-corrected chi connectivity index (χ3v) is 4.43. The number of rotatable bonds is 4. The molecule has 1 unspecified atom stereocenters. The molecule has 0 radical (unpaired) electrons. The van der Waals surface area contributed by atoms with Crippen LogP contribution in [0.3, 0.4) is 0 Å². The molecule has 1 aromatic heterocycles. The van der Waals surface area contributed by atoms with Crippen LogP contribution in [0.25, 0.3) is 10.9 Å². The molecule has 0 amide bonds. The Morgan fingerprint density at radius 3 is 2.35 bits per heavy atom. The first-order valence-electron chi connectivity index (χ1n) is 8.18. The van der Waals surface area contributed by atoms with Crippen molar-refractivity contribution in [3.63, 3.8) is 0 Å². The van der Waals surface area contributed by atoms with Crippen LogP contribution in [0.1, 0.15) is 74.3 Å². The average molecular weight is 317 g/mol. The minimum Gasteiger partial charge on any atom is -0.478 e. The fourth-order valence-corrected chi connectivity index (χ4v) is 3.27. The van der Waals surface area contributed by atoms with Crippen molar-refractivity contribution in [1.29, 1.82) is 0 Å². The monoisotopic (exact) mass is 317 g/mol. The number of fused-ring (bicyclic) bond motifs is 1. The van der Waals surface area contributed by atoms with Crippen LogP contribution in [-0.4, -0.2) is 20.7 Å². The topological polar surface area (TPSA) is 62.5 Å². The number of carbonyl (C=O) groups is 1. The van der Waals surface area contributed by atoms with Crippen LogP contribution in [0.4, 0.5) is 0 Å². The molecule has 0 bridgehead atoms. The molecular formula is C19H27NO3. The number of carboxylic acids is 1. The zero-order valence-corrected chi connectivity index (χ0v) is 14.9. The maximum atomic E-state index is 11.9. The second kappa shape index (κ2) is 6.00. The van der Waals surface area contributed by atoms with Crippen LogP contribution >= 0.6 is 0 Å². The predicted molar refractivity (Wildman–Crippen MR) is 93.3 cm³/mol. The molecule has 1 heterocycles. The van der Waals surface area contributed by atoms with Gasteiger partial charge in [-0.05, 0) is 43.4 Å². The van der Waals surface area contributed by atoms with E-state index in [4.69, 9.17) is 0 Å². The summed E-state index contributed by atoms with van der Waals surface area (Å²) in [5.41, 5.74) is 3.64. The molecule has 0 saturated carbocycles. The van der Waals surface area contributed by atoms with Gasteiger partial charge in [0.1, 0.15) is 0 Å². The maximum absolute atomic E-state index is 11.9. The molecule has 126 valence electrons. The van der Waals surface area contributed by atoms with Gasteiger partial charge in [-0.25, -0.2) is 4.79 Å². The van der Waals surface area contributed by atoms with E-state index in [1.165, 1.54) is 0 Å². The number of aliphatic hydroxyl groups excluding tert-OH is 1. The number of aryl methyl sites for hydroxylation is 1. The van der Waals surface area contributed by atoms with E-state index >= 15 is 0 Å². The van der Waals surface area contributed by atoms with Gasteiger partial charge in [0.15, 0.2) is 0 Å². The number of aromatic nitrogens is 1. The van der Waals surface area contributed by atoms with E-state index < -0.39 is 12.1 Å². The Hall–Kier alpha value is -1.81. The van der Waals surface area contributed by atoms with E-state index in [0.717, 1.165) is 40.7 Å². The van der Waals surface area contributed by atoms with E-state index in [1.807, 2.05) is 17.6 Å². The Morgan fingerprint density at radius 2 is 1.91 bits per heavy atom. The standard InChI is InChI=1S/C19H27NO3/c1-7-8-20-11(2)16(12(3)21)14-9-13(19(4,5)6)10-15(17(14)20)18(22)23/h9-10,12,21H,7-8H2,1-6H3,(H,22,23). The first kappa shape index (κ1) is 17.5. The summed E-state index contributed by atoms with van der Waals surface area (Å²) in [7, 11) is 0. The number of benzene rings is 1. The fraction of sp³-hybridized carbons (Fsp3) is 0.526. The van der Waals surface area contributed by atoms with E-state index in [9.17, 15) is 15.0 Å². The minimum absolute atomic E-state index is 0.158. The predicted octanol–water partition coefficient (Wildman–Crippen LogP) is 4.41. The van der Waals surface area contributed by atoms with Gasteiger partial charge < -0.3 is 14.8 Å². The molecular weight excluding hydrogens is 290 g/mol. The number of nitrogens with zero attached hydrogens (tertiary/aromatic N) is 1. The van der Waals surface area contributed by atoms with Gasteiger partial charge in [0, 0.05) is 23.2 Å². The lowest BCUT2D eigenvalue weighted by atomic mass is 9.84. The van der Waals surface area contributed by atoms with Crippen molar-refractivity contribution >= 4 is 16.9 Å². The number of carboxylic acid groups (broad SMARTS) is 1. The van der Waals surface area contributed by atoms with Crippen molar-refractivity contribution in [2.24, 2.45) is 0 Å². The second-order valence-corrected chi connectivity index (χ2v) is 7.30. The molecule has 1 atom stereocenters. The van der Waals surface area contributed by atoms with Crippen molar-refractivity contribution in [1.82, 2.24) is 4.57 Å². The quantitative estimate of drug-likeness (QED) is 0.878. The summed E-state index contributed by atoms with van der Waals surface area (Å²) in [4.78, 5) is 11.9. The summed E-state index contributed by atoms with van der Waals surface area (Å²) in [6.07, 6.45) is 0.275. The SMILES string of the molecule is CCCn1c(C)c(C(C)O)c2cc(C(C)(C)C)cc(C(=O)O)c21. The van der Waals surface area contributed by atoms with Crippen LogP contribution < -0.4 is 0 Å². The zero-order valence-electron chi connectivity index (χ0n) is 14.9. The van der Waals surface area contributed by atoms with Gasteiger partial charge >= 0.3 is 5.97 Å². The van der Waals surface area contributed by atoms with Crippen molar-refractivity contribution in [2.75, 3.05) is 0 Å². The first-order chi connectivity index (χ1) is 10.6. The van der Waals surface area contributed by atoms with Crippen molar-refractivity contribution in [2.45, 2.75) is 66.0 Å². The fourth-order valence-electron chi connectivity index (χ4n) is 3.27. The summed E-state index contributed by atoms with van der Waals surface area (Å²) < 4.78 is 2.03. The lowest BCUT2D eigenvalue weighted by Gasteiger charge is -2.20. The number of aliphatic hydroxyl groups is 1. The number of hydrogen-bond acceptors (Lipinski definition) is 2. The van der Waals surface area contributed by atoms with Crippen LogP contribution in [0.5, 0.6) is 0 Å². The Labute approximate surface area is 137 Å². The van der Waals surface area contributed by atoms with Crippen LogP contribution in [0, 0.1) is 6.92 Å². The zero-order chi connectivity index (χ0) is 17.5. The van der Waals surface area contributed by atoms with Gasteiger partial charge in [0.05, 0.1) is 17.2 Å². The van der Waals surface area contributed by atoms with Gasteiger partial charge in [-0.3, -0.25) is 0 Å². The minimum atomic E-state index is -0.923. The highest BCUT2D eigenvalue weighted by molar-refractivity contribution is 6.04. The van der Waals surface area contributed by atoms with Crippen molar-refractivity contribution < 1.29 is 15.0 Å². The summed E-state index contributed by atoms with van der Waals surface area (Å²) in [6.45, 7) is 12.7. The lowest BCUT2D eigenvalue weighted by molar-refractivity contribution is 0.0698. The van der Waals surface area contributed by atoms with Crippen LogP contribution in [0.2, 0.25) is 0 Å². The molecule has 0 aliphatic carbocycles. The molecule has 23 heavy (non-hydrogen) atoms. The Morgan fingerprint density at radius 1 is 1.30 bits per heavy atom. The van der Waals surface area contributed by atoms with Crippen molar-refractivity contribution in [3.8, 4) is 0 Å². The third kappa shape index (κ3) is 3.00. The lowest BCUT2D eigenvalue weighted by Crippen LogP contribution is -2.13. The highest BCUT2D eigenvalue weighted by Crippen LogP contribution is 2.36. The third-order valence-electron chi connectivity index (χ3n) is 4.43. The molecule has 0 saturated heterocycles. The molecule has 2 N–H and O–H groups in total. The molecule has 4 heteroatoms. The van der Waals surface area contributed by atoms with Gasteiger partial charge in [0.25, 0.3) is 0 Å². The molecule has 1 aromatic carbocycles. The van der Waals surface area contributed by atoms with Crippen molar-refractivity contribution in [3.05, 3.63) is 34.5 Å². The molecule has 0 spiro atoms. The smallest absolute Gasteiger partial charge is 0.337 e. The second-order valence-electron chi connectivity index (χ2n) is 7.30. The highest BCUT2D eigenvalue weighted by atomic mass is 16.4. The normalized spacial score (nSPS) is 13.5. The molecule has 0 fully saturated rings. The summed E-state index contributed by atoms with van der Waals surface area (Å²) >= 11 is 0. The van der Waals surface area contributed by atoms with Gasteiger partial charge in [-0.2, -0.15) is 0 Å². The van der Waals surface area contributed by atoms with E-state index in [1.54, 1.807) is 13.0 Å². The Bertz CT molecular complexity index is 748. The van der Waals surface area contributed by atoms with Crippen LogP contribution in [0.15, 0.2) is 12.1 Å². The average Bonchev–Trinajstić information content (AvgIpc) is 2.69. The number of aromatic carboxylic acids is 1. The maximum Gasteiger partial charge on any atom is 0.337 e. The Balaban J connectivity index is 3.00. The number of hydrogen-bond donors (Lipinski definition) is 2. The highest BCUT2D eigenvalue weighted by Gasteiger charge is 2.25. The summed E-state index contributed by atoms with van der Waals surface area (Å²) in [5, 5.41) is 20.8. The Kier molecular flexibility index (Phi) is 4.58. The summed E-state index contributed by atoms with van der Waals surface area (Å²) in [6, 6.07) is 3.82. The van der Waals surface area contributed by atoms with Crippen LogP contribution in [-0.2, 0) is 12.0 Å². The molecule has 2 rings (SSSR count). The molecule has 0 aliphatic heterocycles. The summed E-state index contributed by atoms with van der Waals surface area (Å²) in [5.74, 6) is -0.923. The molecule has 4 nitrogen and oxygen atoms in total. The van der Waals surface area contributed by atoms with E-state index in [-0.39, 0.29) is 5.41 Å². The van der Waals surface area contributed by atoms with Gasteiger partial charge in [-0.1, -0.05) is 27.7 Å². The molecule has 0 aliphatic rings. The van der Waals surface area contributed by atoms with E-state index in [2.05, 4.69) is 27.7 Å². The van der Waals surface area contributed by atoms with E-state index in [0.29, 0.717) is 5.56 Å². The van der Waals surface area contributed by atoms with Gasteiger partial charge in [0.2, 0.25) is 0 Å². The molecule has 2 aromatic rings. The van der Waals surface area contributed by atoms with Gasteiger partial charge in [-0.15, -0.1) is 0 Å². The first-order valence-corrected chi connectivity index (χ1v) is 8.18.